The van der Waals surface area contributed by atoms with Crippen molar-refractivity contribution in [2.45, 2.75) is 6.18 Å². The van der Waals surface area contributed by atoms with Gasteiger partial charge in [0.25, 0.3) is 0 Å². The zero-order valence-corrected chi connectivity index (χ0v) is 18.7. The maximum absolute atomic E-state index is 13.6. The summed E-state index contributed by atoms with van der Waals surface area (Å²) >= 11 is 0. The minimum absolute atomic E-state index is 0.0340. The van der Waals surface area contributed by atoms with Crippen LogP contribution in [0.4, 0.5) is 36.3 Å². The highest BCUT2D eigenvalue weighted by Crippen LogP contribution is 2.40. The van der Waals surface area contributed by atoms with Crippen LogP contribution in [0.15, 0.2) is 48.7 Å². The first-order valence-electron chi connectivity index (χ1n) is 9.44. The Morgan fingerprint density at radius 3 is 2.39 bits per heavy atom. The van der Waals surface area contributed by atoms with Crippen molar-refractivity contribution in [1.82, 2.24) is 9.97 Å². The highest BCUT2D eigenvalue weighted by atomic mass is 31.2. The van der Waals surface area contributed by atoms with Gasteiger partial charge in [-0.2, -0.15) is 18.2 Å². The monoisotopic (exact) mass is 480 g/mol. The van der Waals surface area contributed by atoms with Crippen molar-refractivity contribution >= 4 is 41.6 Å². The van der Waals surface area contributed by atoms with E-state index in [1.807, 2.05) is 0 Å². The number of carboxylic acid groups (broad SMARTS) is 1. The van der Waals surface area contributed by atoms with E-state index in [0.717, 1.165) is 0 Å². The zero-order chi connectivity index (χ0) is 24.4. The van der Waals surface area contributed by atoms with Gasteiger partial charge >= 0.3 is 12.1 Å². The number of methoxy groups -OCH3 is 1. The lowest BCUT2D eigenvalue weighted by Crippen LogP contribution is -2.16. The van der Waals surface area contributed by atoms with Gasteiger partial charge in [-0.15, -0.1) is 0 Å². The number of benzene rings is 2. The first kappa shape index (κ1) is 24.1. The lowest BCUT2D eigenvalue weighted by molar-refractivity contribution is -0.137. The predicted molar refractivity (Wildman–Crippen MR) is 119 cm³/mol. The summed E-state index contributed by atoms with van der Waals surface area (Å²) in [5.41, 5.74) is -0.670. The number of para-hydroxylation sites is 1. The number of hydrogen-bond acceptors (Lipinski definition) is 7. The van der Waals surface area contributed by atoms with Crippen molar-refractivity contribution in [2.75, 3.05) is 31.1 Å². The van der Waals surface area contributed by atoms with Crippen LogP contribution in [0.3, 0.4) is 0 Å². The molecule has 0 bridgehead atoms. The van der Waals surface area contributed by atoms with E-state index in [-0.39, 0.29) is 28.6 Å². The molecular weight excluding hydrogens is 460 g/mol. The number of anilines is 4. The molecule has 3 aromatic rings. The van der Waals surface area contributed by atoms with Gasteiger partial charge in [-0.1, -0.05) is 12.1 Å². The van der Waals surface area contributed by atoms with Crippen LogP contribution in [0.25, 0.3) is 0 Å². The summed E-state index contributed by atoms with van der Waals surface area (Å²) in [6.45, 7) is 3.02. The number of aromatic nitrogens is 2. The summed E-state index contributed by atoms with van der Waals surface area (Å²) in [5, 5.41) is 14.9. The van der Waals surface area contributed by atoms with Crippen LogP contribution in [0.2, 0.25) is 0 Å². The molecule has 0 radical (unpaired) electrons. The third kappa shape index (κ3) is 5.61. The number of hydrogen-bond donors (Lipinski definition) is 3. The van der Waals surface area contributed by atoms with E-state index in [1.54, 1.807) is 18.2 Å². The second-order valence-corrected chi connectivity index (χ2v) is 10.5. The molecule has 1 aromatic heterocycles. The molecule has 0 fully saturated rings. The molecule has 0 spiro atoms. The lowest BCUT2D eigenvalue weighted by atomic mass is 10.2. The van der Waals surface area contributed by atoms with Crippen LogP contribution < -0.4 is 20.7 Å². The molecule has 174 valence electrons. The van der Waals surface area contributed by atoms with Crippen LogP contribution in [0.5, 0.6) is 5.75 Å². The highest BCUT2D eigenvalue weighted by molar-refractivity contribution is 7.70. The van der Waals surface area contributed by atoms with Gasteiger partial charge in [0.1, 0.15) is 24.3 Å². The Bertz CT molecular complexity index is 1240. The fraction of sp³-hybridized carbons (Fsp3) is 0.190. The van der Waals surface area contributed by atoms with Crippen molar-refractivity contribution in [1.29, 1.82) is 0 Å². The predicted octanol–water partition coefficient (Wildman–Crippen LogP) is 4.94. The molecule has 1 heterocycles. The van der Waals surface area contributed by atoms with Crippen LogP contribution in [0, 0.1) is 0 Å². The van der Waals surface area contributed by atoms with Gasteiger partial charge in [-0.05, 0) is 43.7 Å². The van der Waals surface area contributed by atoms with Crippen molar-refractivity contribution in [2.24, 2.45) is 0 Å². The van der Waals surface area contributed by atoms with E-state index in [4.69, 9.17) is 9.84 Å². The second kappa shape index (κ2) is 9.11. The summed E-state index contributed by atoms with van der Waals surface area (Å²) in [6.07, 6.45) is -4.13. The van der Waals surface area contributed by atoms with Gasteiger partial charge in [-0.3, -0.25) is 0 Å². The molecule has 0 aliphatic heterocycles. The van der Waals surface area contributed by atoms with Gasteiger partial charge in [-0.25, -0.2) is 9.78 Å². The number of alkyl halides is 3. The number of carbonyl (C=O) groups is 1. The second-order valence-electron chi connectivity index (χ2n) is 7.29. The topological polar surface area (TPSA) is 113 Å². The Kier molecular flexibility index (Phi) is 6.64. The third-order valence-corrected chi connectivity index (χ3v) is 6.08. The van der Waals surface area contributed by atoms with Crippen molar-refractivity contribution in [3.8, 4) is 5.75 Å². The van der Waals surface area contributed by atoms with Gasteiger partial charge in [0, 0.05) is 11.5 Å². The fourth-order valence-electron chi connectivity index (χ4n) is 2.97. The fourth-order valence-corrected chi connectivity index (χ4v) is 4.12. The Morgan fingerprint density at radius 2 is 1.79 bits per heavy atom. The maximum atomic E-state index is 13.6. The van der Waals surface area contributed by atoms with E-state index in [1.165, 1.54) is 44.7 Å². The first-order chi connectivity index (χ1) is 15.4. The molecule has 0 atom stereocenters. The molecule has 0 aliphatic carbocycles. The number of carboxylic acids is 1. The van der Waals surface area contributed by atoms with E-state index in [9.17, 15) is 22.5 Å². The first-order valence-corrected chi connectivity index (χ1v) is 12.0. The normalized spacial score (nSPS) is 11.7. The minimum atomic E-state index is -4.75. The molecule has 3 N–H and O–H groups in total. The summed E-state index contributed by atoms with van der Waals surface area (Å²) < 4.78 is 58.6. The Hall–Kier alpha value is -3.59. The Labute approximate surface area is 187 Å². The van der Waals surface area contributed by atoms with Crippen LogP contribution in [0.1, 0.15) is 15.9 Å². The van der Waals surface area contributed by atoms with Crippen LogP contribution >= 0.6 is 7.14 Å². The van der Waals surface area contributed by atoms with E-state index >= 15 is 0 Å². The van der Waals surface area contributed by atoms with Crippen molar-refractivity contribution < 1.29 is 32.4 Å². The molecular formula is C21H20F3N4O4P. The van der Waals surface area contributed by atoms with Crippen molar-refractivity contribution in [3.63, 3.8) is 0 Å². The quantitative estimate of drug-likeness (QED) is 0.408. The number of ether oxygens (including phenoxy) is 1. The SMILES string of the molecule is COc1cc(C(=O)O)ccc1Nc1ncc(C(F)(F)F)c(Nc2ccccc2P(C)(C)=O)n1. The average molecular weight is 480 g/mol. The molecule has 0 amide bonds. The number of halogens is 3. The third-order valence-electron chi connectivity index (χ3n) is 4.53. The number of nitrogens with zero attached hydrogens (tertiary/aromatic N) is 2. The Balaban J connectivity index is 2.04. The average Bonchev–Trinajstić information content (AvgIpc) is 2.73. The molecule has 33 heavy (non-hydrogen) atoms. The lowest BCUT2D eigenvalue weighted by Gasteiger charge is -2.18. The molecule has 0 saturated carbocycles. The molecule has 0 unspecified atom stereocenters. The molecule has 8 nitrogen and oxygen atoms in total. The Morgan fingerprint density at radius 1 is 1.09 bits per heavy atom. The van der Waals surface area contributed by atoms with Gasteiger partial charge in [0.2, 0.25) is 5.95 Å². The molecule has 0 aliphatic rings. The van der Waals surface area contributed by atoms with Gasteiger partial charge in [0.15, 0.2) is 0 Å². The van der Waals surface area contributed by atoms with E-state index < -0.39 is 30.7 Å². The van der Waals surface area contributed by atoms with Crippen molar-refractivity contribution in [3.05, 3.63) is 59.8 Å². The number of nitrogens with one attached hydrogen (secondary N) is 2. The summed E-state index contributed by atoms with van der Waals surface area (Å²) in [6, 6.07) is 10.3. The number of aromatic carboxylic acids is 1. The summed E-state index contributed by atoms with van der Waals surface area (Å²) in [7, 11) is -1.49. The van der Waals surface area contributed by atoms with E-state index in [0.29, 0.717) is 11.5 Å². The molecule has 3 rings (SSSR count). The van der Waals surface area contributed by atoms with Gasteiger partial charge in [0.05, 0.1) is 24.0 Å². The van der Waals surface area contributed by atoms with Gasteiger partial charge < -0.3 is 25.0 Å². The molecule has 0 saturated heterocycles. The summed E-state index contributed by atoms with van der Waals surface area (Å²) in [5.74, 6) is -1.77. The number of rotatable bonds is 7. The minimum Gasteiger partial charge on any atom is -0.495 e. The van der Waals surface area contributed by atoms with Crippen LogP contribution in [-0.2, 0) is 10.7 Å². The van der Waals surface area contributed by atoms with Crippen LogP contribution in [-0.4, -0.2) is 41.5 Å². The van der Waals surface area contributed by atoms with E-state index in [2.05, 4.69) is 20.6 Å². The summed E-state index contributed by atoms with van der Waals surface area (Å²) in [4.78, 5) is 18.9. The largest absolute Gasteiger partial charge is 0.495 e. The highest BCUT2D eigenvalue weighted by Gasteiger charge is 2.35. The smallest absolute Gasteiger partial charge is 0.421 e. The maximum Gasteiger partial charge on any atom is 0.421 e. The standard InChI is InChI=1S/C21H20F3N4O4P/c1-32-16-10-12(19(29)30)8-9-14(16)27-20-25-11-13(21(22,23)24)18(28-20)26-15-6-4-5-7-17(15)33(2,3)31/h4-11H,1-3H3,(H,29,30)(H2,25,26,27,28). The molecule has 2 aromatic carbocycles. The zero-order valence-electron chi connectivity index (χ0n) is 17.8. The molecule has 12 heteroatoms.